The smallest absolute Gasteiger partial charge is 0.350 e. The van der Waals surface area contributed by atoms with Crippen molar-refractivity contribution in [2.75, 3.05) is 0 Å². The van der Waals surface area contributed by atoms with Crippen LogP contribution in [0.4, 0.5) is 0 Å². The number of hydrogen-bond donors (Lipinski definition) is 3. The second kappa shape index (κ2) is 11.4. The summed E-state index contributed by atoms with van der Waals surface area (Å²) in [7, 11) is 0. The second-order valence-electron chi connectivity index (χ2n) is 6.37. The molecule has 0 aromatic heterocycles. The van der Waals surface area contributed by atoms with Crippen molar-refractivity contribution >= 4 is 11.9 Å². The third-order valence-electron chi connectivity index (χ3n) is 4.53. The Morgan fingerprint density at radius 2 is 1.58 bits per heavy atom. The Balaban J connectivity index is 5.47. The summed E-state index contributed by atoms with van der Waals surface area (Å²) in [6, 6.07) is 0. The molecule has 24 heavy (non-hydrogen) atoms. The fourth-order valence-electron chi connectivity index (χ4n) is 2.78. The summed E-state index contributed by atoms with van der Waals surface area (Å²) in [6.07, 6.45) is 1.73. The molecule has 0 rings (SSSR count). The van der Waals surface area contributed by atoms with Crippen LogP contribution in [0, 0.1) is 5.92 Å². The van der Waals surface area contributed by atoms with E-state index in [1.165, 1.54) is 0 Å². The molecule has 0 fully saturated rings. The molecule has 6 heteroatoms. The summed E-state index contributed by atoms with van der Waals surface area (Å²) in [4.78, 5) is 24.4. The number of carbonyl (C=O) groups excluding carboxylic acids is 1. The number of rotatable bonds is 13. The largest absolute Gasteiger partial charge is 0.478 e. The van der Waals surface area contributed by atoms with Gasteiger partial charge in [0.15, 0.2) is 0 Å². The van der Waals surface area contributed by atoms with Crippen LogP contribution in [-0.4, -0.2) is 45.1 Å². The van der Waals surface area contributed by atoms with Crippen molar-refractivity contribution < 1.29 is 29.6 Å². The molecule has 0 aromatic rings. The normalized spacial score (nSPS) is 17.6. The van der Waals surface area contributed by atoms with Gasteiger partial charge in [0.2, 0.25) is 5.60 Å². The standard InChI is InChI=1S/C18H34O6/c1-5-9-11-13(14(19)7-3)16(21)24-18(17(22)23,12-10-6-2)15(20)8-4/h13-15,19-20H,5-12H2,1-4H3,(H,22,23). The Morgan fingerprint density at radius 1 is 1.00 bits per heavy atom. The number of carboxylic acids is 1. The SMILES string of the molecule is CCCCC(C(=O)OC(CCCC)(C(=O)O)C(O)CC)C(O)CC. The zero-order chi connectivity index (χ0) is 18.8. The molecule has 0 aromatic carbocycles. The van der Waals surface area contributed by atoms with Gasteiger partial charge in [0.05, 0.1) is 12.0 Å². The Kier molecular flexibility index (Phi) is 10.9. The van der Waals surface area contributed by atoms with Gasteiger partial charge in [-0.3, -0.25) is 4.79 Å². The van der Waals surface area contributed by atoms with Crippen molar-refractivity contribution in [2.45, 2.75) is 96.9 Å². The molecule has 0 heterocycles. The van der Waals surface area contributed by atoms with Gasteiger partial charge in [-0.25, -0.2) is 4.79 Å². The van der Waals surface area contributed by atoms with Crippen LogP contribution in [0.2, 0.25) is 0 Å². The number of carbonyl (C=O) groups is 2. The van der Waals surface area contributed by atoms with Gasteiger partial charge in [-0.05, 0) is 25.7 Å². The van der Waals surface area contributed by atoms with E-state index in [0.717, 1.165) is 19.3 Å². The van der Waals surface area contributed by atoms with Crippen molar-refractivity contribution in [3.05, 3.63) is 0 Å². The molecule has 0 radical (unpaired) electrons. The van der Waals surface area contributed by atoms with Crippen LogP contribution in [0.5, 0.6) is 0 Å². The van der Waals surface area contributed by atoms with E-state index in [0.29, 0.717) is 19.3 Å². The molecule has 0 spiro atoms. The number of hydrogen-bond acceptors (Lipinski definition) is 5. The van der Waals surface area contributed by atoms with E-state index in [1.807, 2.05) is 13.8 Å². The maximum atomic E-state index is 12.6. The zero-order valence-electron chi connectivity index (χ0n) is 15.5. The molecule has 4 unspecified atom stereocenters. The lowest BCUT2D eigenvalue weighted by Gasteiger charge is -2.35. The van der Waals surface area contributed by atoms with Crippen molar-refractivity contribution in [1.82, 2.24) is 0 Å². The lowest BCUT2D eigenvalue weighted by atomic mass is 9.87. The molecule has 0 bridgehead atoms. The van der Waals surface area contributed by atoms with Crippen LogP contribution >= 0.6 is 0 Å². The fraction of sp³-hybridized carbons (Fsp3) is 0.889. The van der Waals surface area contributed by atoms with Crippen molar-refractivity contribution in [2.24, 2.45) is 5.92 Å². The average molecular weight is 346 g/mol. The van der Waals surface area contributed by atoms with Crippen LogP contribution in [0.1, 0.15) is 79.1 Å². The maximum absolute atomic E-state index is 12.6. The molecule has 142 valence electrons. The van der Waals surface area contributed by atoms with E-state index in [2.05, 4.69) is 0 Å². The van der Waals surface area contributed by atoms with Crippen molar-refractivity contribution in [3.8, 4) is 0 Å². The van der Waals surface area contributed by atoms with Crippen LogP contribution in [0.25, 0.3) is 0 Å². The molecule has 3 N–H and O–H groups in total. The van der Waals surface area contributed by atoms with Crippen LogP contribution in [0.3, 0.4) is 0 Å². The van der Waals surface area contributed by atoms with E-state index < -0.39 is 35.7 Å². The van der Waals surface area contributed by atoms with Gasteiger partial charge >= 0.3 is 11.9 Å². The van der Waals surface area contributed by atoms with Crippen LogP contribution in [0.15, 0.2) is 0 Å². The second-order valence-corrected chi connectivity index (χ2v) is 6.37. The average Bonchev–Trinajstić information content (AvgIpc) is 2.57. The molecular weight excluding hydrogens is 312 g/mol. The summed E-state index contributed by atoms with van der Waals surface area (Å²) in [5.41, 5.74) is -1.94. The molecule has 0 aliphatic carbocycles. The molecule has 0 aliphatic heterocycles. The third-order valence-corrected chi connectivity index (χ3v) is 4.53. The van der Waals surface area contributed by atoms with Gasteiger partial charge in [-0.1, -0.05) is 47.0 Å². The molecule has 0 saturated carbocycles. The first-order valence-corrected chi connectivity index (χ1v) is 9.12. The van der Waals surface area contributed by atoms with Gasteiger partial charge in [-0.2, -0.15) is 0 Å². The van der Waals surface area contributed by atoms with Crippen LogP contribution in [-0.2, 0) is 14.3 Å². The molecule has 6 nitrogen and oxygen atoms in total. The highest BCUT2D eigenvalue weighted by molar-refractivity contribution is 5.83. The highest BCUT2D eigenvalue weighted by Gasteiger charge is 2.49. The number of ether oxygens (including phenoxy) is 1. The summed E-state index contributed by atoms with van der Waals surface area (Å²) in [5, 5.41) is 30.0. The number of aliphatic hydroxyl groups excluding tert-OH is 2. The van der Waals surface area contributed by atoms with Crippen molar-refractivity contribution in [1.29, 1.82) is 0 Å². The van der Waals surface area contributed by atoms with E-state index in [4.69, 9.17) is 4.74 Å². The minimum Gasteiger partial charge on any atom is -0.478 e. The topological polar surface area (TPSA) is 104 Å². The fourth-order valence-corrected chi connectivity index (χ4v) is 2.78. The van der Waals surface area contributed by atoms with E-state index >= 15 is 0 Å². The summed E-state index contributed by atoms with van der Waals surface area (Å²) in [5.74, 6) is -2.83. The lowest BCUT2D eigenvalue weighted by Crippen LogP contribution is -2.54. The Labute approximate surface area is 145 Å². The predicted molar refractivity (Wildman–Crippen MR) is 91.6 cm³/mol. The summed E-state index contributed by atoms with van der Waals surface area (Å²) < 4.78 is 5.39. The van der Waals surface area contributed by atoms with Gasteiger partial charge in [0.1, 0.15) is 6.10 Å². The van der Waals surface area contributed by atoms with Gasteiger partial charge in [0, 0.05) is 6.42 Å². The Bertz CT molecular complexity index is 384. The molecule has 4 atom stereocenters. The minimum absolute atomic E-state index is 0.0578. The maximum Gasteiger partial charge on any atom is 0.350 e. The Hall–Kier alpha value is -1.14. The Morgan fingerprint density at radius 3 is 2.00 bits per heavy atom. The molecule has 0 aliphatic rings. The van der Waals surface area contributed by atoms with E-state index in [-0.39, 0.29) is 12.8 Å². The van der Waals surface area contributed by atoms with E-state index in [1.54, 1.807) is 13.8 Å². The van der Waals surface area contributed by atoms with Gasteiger partial charge in [0.25, 0.3) is 0 Å². The molecular formula is C18H34O6. The first-order chi connectivity index (χ1) is 11.3. The quantitative estimate of drug-likeness (QED) is 0.443. The highest BCUT2D eigenvalue weighted by Crippen LogP contribution is 2.29. The first-order valence-electron chi connectivity index (χ1n) is 9.12. The number of aliphatic carboxylic acids is 1. The number of carboxylic acid groups (broad SMARTS) is 1. The van der Waals surface area contributed by atoms with Gasteiger partial charge < -0.3 is 20.1 Å². The number of esters is 1. The predicted octanol–water partition coefficient (Wildman–Crippen LogP) is 2.89. The summed E-state index contributed by atoms with van der Waals surface area (Å²) >= 11 is 0. The van der Waals surface area contributed by atoms with Gasteiger partial charge in [-0.15, -0.1) is 0 Å². The lowest BCUT2D eigenvalue weighted by molar-refractivity contribution is -0.200. The highest BCUT2D eigenvalue weighted by atomic mass is 16.6. The third kappa shape index (κ3) is 6.06. The van der Waals surface area contributed by atoms with E-state index in [9.17, 15) is 24.9 Å². The number of unbranched alkanes of at least 4 members (excludes halogenated alkanes) is 2. The summed E-state index contributed by atoms with van der Waals surface area (Å²) in [6.45, 7) is 7.29. The monoisotopic (exact) mass is 346 g/mol. The molecule has 0 amide bonds. The number of aliphatic hydroxyl groups is 2. The zero-order valence-corrected chi connectivity index (χ0v) is 15.5. The first kappa shape index (κ1) is 22.9. The van der Waals surface area contributed by atoms with Crippen LogP contribution < -0.4 is 0 Å². The minimum atomic E-state index is -1.94. The van der Waals surface area contributed by atoms with Crippen molar-refractivity contribution in [3.63, 3.8) is 0 Å². The molecule has 0 saturated heterocycles.